The lowest BCUT2D eigenvalue weighted by atomic mass is 9.98. The number of nitrogens with zero attached hydrogens (tertiary/aromatic N) is 1. The molecule has 0 saturated heterocycles. The van der Waals surface area contributed by atoms with E-state index in [9.17, 15) is 9.59 Å². The van der Waals surface area contributed by atoms with Crippen LogP contribution in [0.15, 0.2) is 86.9 Å². The van der Waals surface area contributed by atoms with Gasteiger partial charge in [-0.25, -0.2) is 0 Å². The summed E-state index contributed by atoms with van der Waals surface area (Å²) in [6, 6.07) is 22.9. The molecule has 0 spiro atoms. The molecule has 5 rings (SSSR count). The highest BCUT2D eigenvalue weighted by molar-refractivity contribution is 7.98. The van der Waals surface area contributed by atoms with E-state index in [1.165, 1.54) is 0 Å². The molecule has 4 nitrogen and oxygen atoms in total. The predicted octanol–water partition coefficient (Wildman–Crippen LogP) is 5.57. The average molecular weight is 428 g/mol. The molecule has 154 valence electrons. The lowest BCUT2D eigenvalue weighted by molar-refractivity contribution is 0.0714. The van der Waals surface area contributed by atoms with Crippen molar-refractivity contribution in [2.45, 2.75) is 24.4 Å². The summed E-state index contributed by atoms with van der Waals surface area (Å²) in [6.45, 7) is 2.34. The van der Waals surface area contributed by atoms with Gasteiger partial charge in [-0.2, -0.15) is 0 Å². The summed E-state index contributed by atoms with van der Waals surface area (Å²) < 4.78 is 6.02. The number of thioether (sulfide) groups is 1. The van der Waals surface area contributed by atoms with E-state index in [2.05, 4.69) is 0 Å². The van der Waals surface area contributed by atoms with Crippen molar-refractivity contribution in [1.29, 1.82) is 0 Å². The number of carbonyl (C=O) groups is 1. The number of benzene rings is 3. The smallest absolute Gasteiger partial charge is 0.291 e. The van der Waals surface area contributed by atoms with Crippen LogP contribution in [-0.4, -0.2) is 17.1 Å². The van der Waals surface area contributed by atoms with Crippen LogP contribution >= 0.6 is 11.8 Å². The van der Waals surface area contributed by atoms with E-state index in [4.69, 9.17) is 4.42 Å². The predicted molar refractivity (Wildman–Crippen MR) is 124 cm³/mol. The standard InChI is InChI=1S/C26H21NO3S/c1-16-8-13-21-20(14-16)24(28)22-23(18-9-11-19(31-2)12-10-18)27(26(29)25(22)30-21)15-17-6-4-3-5-7-17/h3-14,23H,15H2,1-2H3. The third-order valence-electron chi connectivity index (χ3n) is 5.75. The minimum absolute atomic E-state index is 0.136. The molecule has 1 aromatic heterocycles. The van der Waals surface area contributed by atoms with Gasteiger partial charge in [0, 0.05) is 11.4 Å². The van der Waals surface area contributed by atoms with Crippen molar-refractivity contribution in [3.8, 4) is 0 Å². The summed E-state index contributed by atoms with van der Waals surface area (Å²) in [6.07, 6.45) is 2.02. The molecule has 5 heteroatoms. The molecular formula is C26H21NO3S. The van der Waals surface area contributed by atoms with Crippen molar-refractivity contribution in [2.24, 2.45) is 0 Å². The Bertz CT molecular complexity index is 1340. The van der Waals surface area contributed by atoms with Gasteiger partial charge in [0.2, 0.25) is 5.76 Å². The molecule has 0 N–H and O–H groups in total. The van der Waals surface area contributed by atoms with Crippen LogP contribution in [0.3, 0.4) is 0 Å². The molecule has 3 aromatic carbocycles. The topological polar surface area (TPSA) is 50.5 Å². The first kappa shape index (κ1) is 19.6. The van der Waals surface area contributed by atoms with Crippen LogP contribution in [0.4, 0.5) is 0 Å². The first-order valence-electron chi connectivity index (χ1n) is 10.1. The number of rotatable bonds is 4. The monoisotopic (exact) mass is 427 g/mol. The van der Waals surface area contributed by atoms with Crippen LogP contribution in [-0.2, 0) is 6.54 Å². The molecular weight excluding hydrogens is 406 g/mol. The van der Waals surface area contributed by atoms with E-state index in [1.807, 2.05) is 79.9 Å². The van der Waals surface area contributed by atoms with Gasteiger partial charge in [-0.1, -0.05) is 54.1 Å². The van der Waals surface area contributed by atoms with Gasteiger partial charge < -0.3 is 9.32 Å². The third kappa shape index (κ3) is 3.35. The van der Waals surface area contributed by atoms with Crippen molar-refractivity contribution in [3.63, 3.8) is 0 Å². The molecule has 1 aliphatic rings. The largest absolute Gasteiger partial charge is 0.450 e. The van der Waals surface area contributed by atoms with E-state index in [1.54, 1.807) is 22.7 Å². The molecule has 1 unspecified atom stereocenters. The second kappa shape index (κ2) is 7.75. The van der Waals surface area contributed by atoms with Gasteiger partial charge in [-0.3, -0.25) is 9.59 Å². The van der Waals surface area contributed by atoms with E-state index in [-0.39, 0.29) is 17.1 Å². The number of hydrogen-bond donors (Lipinski definition) is 0. The summed E-state index contributed by atoms with van der Waals surface area (Å²) >= 11 is 1.66. The molecule has 0 bridgehead atoms. The van der Waals surface area contributed by atoms with Crippen molar-refractivity contribution >= 4 is 28.6 Å². The van der Waals surface area contributed by atoms with E-state index in [0.29, 0.717) is 23.1 Å². The van der Waals surface area contributed by atoms with Crippen LogP contribution in [0.25, 0.3) is 11.0 Å². The van der Waals surface area contributed by atoms with Crippen LogP contribution in [0.2, 0.25) is 0 Å². The maximum Gasteiger partial charge on any atom is 0.291 e. The number of amides is 1. The quantitative estimate of drug-likeness (QED) is 0.400. The molecule has 1 amide bonds. The lowest BCUT2D eigenvalue weighted by Gasteiger charge is -2.25. The van der Waals surface area contributed by atoms with Crippen LogP contribution < -0.4 is 5.43 Å². The number of fused-ring (bicyclic) bond motifs is 2. The van der Waals surface area contributed by atoms with Gasteiger partial charge in [-0.05, 0) is 48.6 Å². The normalized spacial score (nSPS) is 15.5. The molecule has 31 heavy (non-hydrogen) atoms. The van der Waals surface area contributed by atoms with Gasteiger partial charge in [-0.15, -0.1) is 11.8 Å². The molecule has 0 fully saturated rings. The average Bonchev–Trinajstić information content (AvgIpc) is 3.07. The van der Waals surface area contributed by atoms with Gasteiger partial charge in [0.15, 0.2) is 5.43 Å². The Kier molecular flexibility index (Phi) is 4.91. The second-order valence-electron chi connectivity index (χ2n) is 7.77. The summed E-state index contributed by atoms with van der Waals surface area (Å²) in [5.41, 5.74) is 3.62. The fraction of sp³-hybridized carbons (Fsp3) is 0.154. The maximum atomic E-state index is 13.6. The fourth-order valence-electron chi connectivity index (χ4n) is 4.21. The van der Waals surface area contributed by atoms with Gasteiger partial charge in [0.1, 0.15) is 5.58 Å². The van der Waals surface area contributed by atoms with Crippen molar-refractivity contribution in [3.05, 3.63) is 111 Å². The van der Waals surface area contributed by atoms with Crippen molar-refractivity contribution < 1.29 is 9.21 Å². The molecule has 1 atom stereocenters. The number of aryl methyl sites for hydroxylation is 1. The highest BCUT2D eigenvalue weighted by Crippen LogP contribution is 2.39. The molecule has 0 radical (unpaired) electrons. The zero-order valence-electron chi connectivity index (χ0n) is 17.3. The van der Waals surface area contributed by atoms with Gasteiger partial charge in [0.25, 0.3) is 5.91 Å². The van der Waals surface area contributed by atoms with Crippen LogP contribution in [0.1, 0.15) is 38.9 Å². The Morgan fingerprint density at radius 1 is 0.968 bits per heavy atom. The summed E-state index contributed by atoms with van der Waals surface area (Å²) in [5, 5.41) is 0.513. The Balaban J connectivity index is 1.72. The minimum Gasteiger partial charge on any atom is -0.450 e. The molecule has 1 aliphatic heterocycles. The van der Waals surface area contributed by atoms with Crippen LogP contribution in [0, 0.1) is 6.92 Å². The summed E-state index contributed by atoms with van der Waals surface area (Å²) in [7, 11) is 0. The second-order valence-corrected chi connectivity index (χ2v) is 8.65. The van der Waals surface area contributed by atoms with Crippen molar-refractivity contribution in [2.75, 3.05) is 6.26 Å². The Hall–Kier alpha value is -3.31. The Morgan fingerprint density at radius 2 is 1.71 bits per heavy atom. The number of carbonyl (C=O) groups excluding carboxylic acids is 1. The summed E-state index contributed by atoms with van der Waals surface area (Å²) in [4.78, 5) is 29.9. The van der Waals surface area contributed by atoms with E-state index in [0.717, 1.165) is 21.6 Å². The van der Waals surface area contributed by atoms with Crippen molar-refractivity contribution in [1.82, 2.24) is 4.90 Å². The maximum absolute atomic E-state index is 13.6. The fourth-order valence-corrected chi connectivity index (χ4v) is 4.62. The first-order valence-corrected chi connectivity index (χ1v) is 11.4. The van der Waals surface area contributed by atoms with Gasteiger partial charge in [0.05, 0.1) is 17.0 Å². The van der Waals surface area contributed by atoms with E-state index >= 15 is 0 Å². The third-order valence-corrected chi connectivity index (χ3v) is 6.49. The molecule has 4 aromatic rings. The highest BCUT2D eigenvalue weighted by atomic mass is 32.2. The molecule has 2 heterocycles. The zero-order valence-corrected chi connectivity index (χ0v) is 18.1. The summed E-state index contributed by atoms with van der Waals surface area (Å²) in [5.74, 6) is -0.103. The van der Waals surface area contributed by atoms with E-state index < -0.39 is 6.04 Å². The molecule has 0 aliphatic carbocycles. The van der Waals surface area contributed by atoms with Crippen LogP contribution in [0.5, 0.6) is 0 Å². The van der Waals surface area contributed by atoms with Gasteiger partial charge >= 0.3 is 0 Å². The number of hydrogen-bond acceptors (Lipinski definition) is 4. The zero-order chi connectivity index (χ0) is 21.5. The minimum atomic E-state index is -0.486. The Morgan fingerprint density at radius 3 is 2.42 bits per heavy atom. The highest BCUT2D eigenvalue weighted by Gasteiger charge is 2.42. The Labute approximate surface area is 184 Å². The lowest BCUT2D eigenvalue weighted by Crippen LogP contribution is -2.29. The first-order chi connectivity index (χ1) is 15.1. The molecule has 0 saturated carbocycles. The SMILES string of the molecule is CSc1ccc(C2c3c(oc4ccc(C)cc4c3=O)C(=O)N2Cc2ccccc2)cc1.